The van der Waals surface area contributed by atoms with Crippen LogP contribution in [0.4, 0.5) is 4.79 Å². The number of hydrogen-bond acceptors (Lipinski definition) is 5. The van der Waals surface area contributed by atoms with Crippen LogP contribution in [0.2, 0.25) is 0 Å². The Kier molecular flexibility index (Phi) is 8.78. The average Bonchev–Trinajstić information content (AvgIpc) is 2.79. The van der Waals surface area contributed by atoms with Gasteiger partial charge in [0.05, 0.1) is 0 Å². The lowest BCUT2D eigenvalue weighted by atomic mass is 10.0. The molecular formula is C22H24BrN3O4S. The molecule has 0 bridgehead atoms. The number of carbonyl (C=O) groups is 3. The number of β-lactam (4-membered cyclic amide) rings is 1. The van der Waals surface area contributed by atoms with Gasteiger partial charge in [-0.15, -0.1) is 11.8 Å². The molecule has 2 aromatic rings. The summed E-state index contributed by atoms with van der Waals surface area (Å²) in [6.45, 7) is 0.0998. The molecule has 2 aromatic carbocycles. The van der Waals surface area contributed by atoms with Crippen molar-refractivity contribution in [1.29, 1.82) is 0 Å². The molecule has 1 saturated heterocycles. The van der Waals surface area contributed by atoms with Crippen LogP contribution in [0.3, 0.4) is 0 Å². The van der Waals surface area contributed by atoms with Gasteiger partial charge in [0.2, 0.25) is 11.8 Å². The minimum atomic E-state index is -0.874. The largest absolute Gasteiger partial charge is 0.445 e. The van der Waals surface area contributed by atoms with Crippen LogP contribution in [0, 0.1) is 0 Å². The van der Waals surface area contributed by atoms with E-state index < -0.39 is 24.1 Å². The summed E-state index contributed by atoms with van der Waals surface area (Å²) in [6.07, 6.45) is -0.413. The third kappa shape index (κ3) is 7.00. The fraction of sp³-hybridized carbons (Fsp3) is 0.318. The first-order valence-electron chi connectivity index (χ1n) is 9.86. The van der Waals surface area contributed by atoms with E-state index in [1.54, 1.807) is 11.8 Å². The normalized spacial score (nSPS) is 18.3. The van der Waals surface area contributed by atoms with Crippen molar-refractivity contribution in [2.75, 3.05) is 11.1 Å². The van der Waals surface area contributed by atoms with Crippen molar-refractivity contribution in [3.63, 3.8) is 0 Å². The molecule has 1 aliphatic heterocycles. The van der Waals surface area contributed by atoms with Crippen molar-refractivity contribution < 1.29 is 19.1 Å². The summed E-state index contributed by atoms with van der Waals surface area (Å²) >= 11 is 4.90. The molecule has 9 heteroatoms. The van der Waals surface area contributed by atoms with Crippen LogP contribution in [0.5, 0.6) is 0 Å². The van der Waals surface area contributed by atoms with Gasteiger partial charge >= 0.3 is 6.09 Å². The zero-order valence-corrected chi connectivity index (χ0v) is 19.2. The second-order valence-corrected chi connectivity index (χ2v) is 8.97. The lowest BCUT2D eigenvalue weighted by Crippen LogP contribution is -2.69. The molecule has 0 spiro atoms. The maximum Gasteiger partial charge on any atom is 0.408 e. The molecule has 0 unspecified atom stereocenters. The molecule has 3 N–H and O–H groups in total. The smallest absolute Gasteiger partial charge is 0.408 e. The van der Waals surface area contributed by atoms with E-state index in [4.69, 9.17) is 4.74 Å². The number of nitrogens with one attached hydrogen (secondary N) is 3. The first-order chi connectivity index (χ1) is 15.1. The molecule has 31 heavy (non-hydrogen) atoms. The molecule has 0 aliphatic carbocycles. The lowest BCUT2D eigenvalue weighted by Gasteiger charge is -2.37. The summed E-state index contributed by atoms with van der Waals surface area (Å²) in [5.74, 6) is 0.143. The van der Waals surface area contributed by atoms with E-state index in [1.807, 2.05) is 60.7 Å². The van der Waals surface area contributed by atoms with Crippen molar-refractivity contribution in [2.24, 2.45) is 0 Å². The second kappa shape index (κ2) is 11.8. The molecule has 3 rings (SSSR count). The van der Waals surface area contributed by atoms with E-state index in [2.05, 4.69) is 31.9 Å². The Hall–Kier alpha value is -2.52. The molecule has 3 atom stereocenters. The topological polar surface area (TPSA) is 96.5 Å². The fourth-order valence-electron chi connectivity index (χ4n) is 3.03. The number of alkyl carbamates (subject to hydrolysis) is 1. The number of rotatable bonds is 10. The lowest BCUT2D eigenvalue weighted by molar-refractivity contribution is -0.134. The van der Waals surface area contributed by atoms with Crippen LogP contribution >= 0.6 is 27.7 Å². The number of amides is 3. The highest BCUT2D eigenvalue weighted by molar-refractivity contribution is 9.09. The summed E-state index contributed by atoms with van der Waals surface area (Å²) in [5, 5.41) is 8.79. The molecule has 1 aliphatic rings. The van der Waals surface area contributed by atoms with Crippen LogP contribution in [-0.2, 0) is 27.4 Å². The highest BCUT2D eigenvalue weighted by atomic mass is 79.9. The number of thioether (sulfide) groups is 1. The Morgan fingerprint density at radius 1 is 1.06 bits per heavy atom. The monoisotopic (exact) mass is 505 g/mol. The third-order valence-electron chi connectivity index (χ3n) is 4.65. The number of carbonyl (C=O) groups excluding carboxylic acids is 3. The Balaban J connectivity index is 1.62. The third-order valence-corrected chi connectivity index (χ3v) is 6.76. The van der Waals surface area contributed by atoms with Crippen molar-refractivity contribution in [3.05, 3.63) is 71.8 Å². The van der Waals surface area contributed by atoms with E-state index in [1.165, 1.54) is 0 Å². The Labute approximate surface area is 193 Å². The van der Waals surface area contributed by atoms with Gasteiger partial charge in [0.15, 0.2) is 0 Å². The average molecular weight is 506 g/mol. The van der Waals surface area contributed by atoms with Crippen molar-refractivity contribution in [2.45, 2.75) is 30.5 Å². The van der Waals surface area contributed by atoms with Gasteiger partial charge in [-0.25, -0.2) is 4.79 Å². The Morgan fingerprint density at radius 2 is 1.71 bits per heavy atom. The highest BCUT2D eigenvalue weighted by Crippen LogP contribution is 2.20. The molecule has 164 valence electrons. The van der Waals surface area contributed by atoms with Crippen molar-refractivity contribution in [3.8, 4) is 0 Å². The van der Waals surface area contributed by atoms with Gasteiger partial charge in [0.1, 0.15) is 24.1 Å². The molecule has 3 amide bonds. The molecule has 0 radical (unpaired) electrons. The minimum Gasteiger partial charge on any atom is -0.445 e. The van der Waals surface area contributed by atoms with Crippen molar-refractivity contribution >= 4 is 45.6 Å². The number of benzene rings is 2. The molecule has 7 nitrogen and oxygen atoms in total. The number of ether oxygens (including phenoxy) is 1. The Morgan fingerprint density at radius 3 is 2.32 bits per heavy atom. The van der Waals surface area contributed by atoms with Crippen LogP contribution < -0.4 is 16.0 Å². The van der Waals surface area contributed by atoms with Gasteiger partial charge in [-0.1, -0.05) is 76.6 Å². The number of alkyl halides is 1. The maximum atomic E-state index is 12.9. The van der Waals surface area contributed by atoms with Gasteiger partial charge in [0.25, 0.3) is 0 Å². The van der Waals surface area contributed by atoms with E-state index in [0.29, 0.717) is 0 Å². The Bertz CT molecular complexity index is 885. The quantitative estimate of drug-likeness (QED) is 0.340. The molecule has 0 aromatic heterocycles. The molecule has 1 fully saturated rings. The second-order valence-electron chi connectivity index (χ2n) is 6.92. The van der Waals surface area contributed by atoms with E-state index in [0.717, 1.165) is 22.2 Å². The van der Waals surface area contributed by atoms with Gasteiger partial charge in [-0.05, 0) is 11.1 Å². The van der Waals surface area contributed by atoms with Crippen LogP contribution in [0.15, 0.2) is 60.7 Å². The van der Waals surface area contributed by atoms with E-state index in [-0.39, 0.29) is 24.3 Å². The first kappa shape index (κ1) is 23.1. The summed E-state index contributed by atoms with van der Waals surface area (Å²) < 4.78 is 5.27. The van der Waals surface area contributed by atoms with Crippen LogP contribution in [0.25, 0.3) is 0 Å². The highest BCUT2D eigenvalue weighted by Gasteiger charge is 2.41. The SMILES string of the molecule is O=C(N[C@@H](Cc1ccccc1)C(=O)N[C@@H]1C(=O)N[C@H]1SCCBr)OCc1ccccc1. The van der Waals surface area contributed by atoms with E-state index >= 15 is 0 Å². The number of hydrogen-bond donors (Lipinski definition) is 3. The van der Waals surface area contributed by atoms with Gasteiger partial charge < -0.3 is 20.7 Å². The molecular weight excluding hydrogens is 482 g/mol. The predicted molar refractivity (Wildman–Crippen MR) is 124 cm³/mol. The van der Waals surface area contributed by atoms with E-state index in [9.17, 15) is 14.4 Å². The van der Waals surface area contributed by atoms with Crippen molar-refractivity contribution in [1.82, 2.24) is 16.0 Å². The zero-order valence-electron chi connectivity index (χ0n) is 16.8. The number of halogens is 1. The fourth-order valence-corrected chi connectivity index (χ4v) is 4.51. The predicted octanol–water partition coefficient (Wildman–Crippen LogP) is 2.59. The van der Waals surface area contributed by atoms with Gasteiger partial charge in [0, 0.05) is 17.5 Å². The summed E-state index contributed by atoms with van der Waals surface area (Å²) in [6, 6.07) is 17.2. The maximum absolute atomic E-state index is 12.9. The zero-order chi connectivity index (χ0) is 22.1. The molecule has 0 saturated carbocycles. The van der Waals surface area contributed by atoms with Gasteiger partial charge in [-0.2, -0.15) is 0 Å². The summed E-state index contributed by atoms with van der Waals surface area (Å²) in [4.78, 5) is 37.2. The summed E-state index contributed by atoms with van der Waals surface area (Å²) in [5.41, 5.74) is 1.73. The van der Waals surface area contributed by atoms with Crippen LogP contribution in [0.1, 0.15) is 11.1 Å². The summed E-state index contributed by atoms with van der Waals surface area (Å²) in [7, 11) is 0. The standard InChI is InChI=1S/C22H24BrN3O4S/c23-11-12-31-21-18(20(28)26-21)25-19(27)17(13-15-7-3-1-4-8-15)24-22(29)30-14-16-9-5-2-6-10-16/h1-10,17-18,21H,11-14H2,(H,24,29)(H,25,27)(H,26,28)/t17-,18+,21-/m0/s1. The minimum absolute atomic E-state index is 0.0998. The van der Waals surface area contributed by atoms with Crippen LogP contribution in [-0.4, -0.2) is 46.4 Å². The van der Waals surface area contributed by atoms with Gasteiger partial charge in [-0.3, -0.25) is 9.59 Å². The first-order valence-corrected chi connectivity index (χ1v) is 12.0. The molecule has 1 heterocycles.